The maximum atomic E-state index is 16.4. The second-order valence-corrected chi connectivity index (χ2v) is 15.5. The van der Waals surface area contributed by atoms with Crippen LogP contribution in [0.1, 0.15) is 5.56 Å². The van der Waals surface area contributed by atoms with Crippen molar-refractivity contribution in [3.63, 3.8) is 0 Å². The second kappa shape index (κ2) is 15.4. The van der Waals surface area contributed by atoms with Crippen molar-refractivity contribution in [3.8, 4) is 74.1 Å². The van der Waals surface area contributed by atoms with Gasteiger partial charge in [0.25, 0.3) is 0 Å². The molecule has 12 rings (SSSR count). The van der Waals surface area contributed by atoms with E-state index in [1.165, 1.54) is 18.2 Å². The molecule has 6 aromatic carbocycles. The number of hydrogen-bond donors (Lipinski definition) is 0. The monoisotopic (exact) mass is 857 g/mol. The van der Waals surface area contributed by atoms with Crippen LogP contribution in [0.15, 0.2) is 177 Å². The molecule has 0 unspecified atom stereocenters. The molecule has 0 fully saturated rings. The van der Waals surface area contributed by atoms with E-state index in [1.54, 1.807) is 86.0 Å². The summed E-state index contributed by atoms with van der Waals surface area (Å²) in [4.78, 5) is 36.3. The fourth-order valence-corrected chi connectivity index (χ4v) is 8.95. The predicted octanol–water partition coefficient (Wildman–Crippen LogP) is 11.5. The lowest BCUT2D eigenvalue weighted by Crippen LogP contribution is -2.08. The molecule has 0 aliphatic rings. The Hall–Kier alpha value is -9.41. The molecular formula is C53H29F2N11. The summed E-state index contributed by atoms with van der Waals surface area (Å²) in [6.45, 7) is 0. The fourth-order valence-electron chi connectivity index (χ4n) is 8.95. The molecule has 0 radical (unpaired) electrons. The average Bonchev–Trinajstić information content (AvgIpc) is 3.88. The summed E-state index contributed by atoms with van der Waals surface area (Å²) < 4.78 is 36.7. The van der Waals surface area contributed by atoms with Crippen LogP contribution in [0.2, 0.25) is 0 Å². The topological polar surface area (TPSA) is 137 Å². The van der Waals surface area contributed by atoms with Gasteiger partial charge >= 0.3 is 0 Å². The van der Waals surface area contributed by atoms with E-state index in [9.17, 15) is 5.26 Å². The SMILES string of the molecule is N#Cc1c(-n2c3cc(-c4ncccn4)ccc3c3ccc(-c4ncccn4)cc32)ccc(-c2c(F)cccc2F)c1-n1c2cc(-c3ncccn3)ccc2c2ccc(-c3ncccn3)cc21. The summed E-state index contributed by atoms with van der Waals surface area (Å²) in [6, 6.07) is 40.4. The third-order valence-corrected chi connectivity index (χ3v) is 11.8. The van der Waals surface area contributed by atoms with Crippen LogP contribution in [-0.4, -0.2) is 49.0 Å². The van der Waals surface area contributed by atoms with Crippen molar-refractivity contribution >= 4 is 43.6 Å². The Bertz CT molecular complexity index is 3690. The lowest BCUT2D eigenvalue weighted by atomic mass is 9.97. The molecule has 0 bridgehead atoms. The van der Waals surface area contributed by atoms with Crippen molar-refractivity contribution in [2.45, 2.75) is 0 Å². The van der Waals surface area contributed by atoms with E-state index in [0.717, 1.165) is 43.7 Å². The zero-order chi connectivity index (χ0) is 44.3. The Balaban J connectivity index is 1.25. The van der Waals surface area contributed by atoms with Crippen LogP contribution in [0, 0.1) is 23.0 Å². The van der Waals surface area contributed by atoms with Crippen LogP contribution in [0.25, 0.3) is 112 Å². The van der Waals surface area contributed by atoms with Gasteiger partial charge in [0.05, 0.1) is 39.0 Å². The van der Waals surface area contributed by atoms with Crippen molar-refractivity contribution in [1.82, 2.24) is 49.0 Å². The van der Waals surface area contributed by atoms with Gasteiger partial charge in [0.15, 0.2) is 23.3 Å². The number of nitrogens with zero attached hydrogens (tertiary/aromatic N) is 11. The largest absolute Gasteiger partial charge is 0.308 e. The van der Waals surface area contributed by atoms with Crippen molar-refractivity contribution in [2.24, 2.45) is 0 Å². The van der Waals surface area contributed by atoms with Gasteiger partial charge in [0.1, 0.15) is 23.3 Å². The third kappa shape index (κ3) is 6.16. The van der Waals surface area contributed by atoms with Gasteiger partial charge in [-0.2, -0.15) is 5.26 Å². The molecule has 66 heavy (non-hydrogen) atoms. The first-order chi connectivity index (χ1) is 32.5. The minimum absolute atomic E-state index is 0.137. The Kier molecular flexibility index (Phi) is 8.95. The third-order valence-electron chi connectivity index (χ3n) is 11.8. The Morgan fingerprint density at radius 3 is 1.09 bits per heavy atom. The molecule has 0 aliphatic heterocycles. The molecule has 0 saturated carbocycles. The molecule has 0 amide bonds. The molecular weight excluding hydrogens is 829 g/mol. The standard InChI is InChI=1S/C53H29F2N11/c54-41-6-1-7-42(55)48(41)39-16-17-43(65-44-26-31(50-57-18-2-19-58-50)8-12-35(44)36-13-9-32(27-45(36)65)51-59-20-3-21-60-51)40(30-56)49(39)66-46-28-33(52-61-22-4-23-62-52)10-14-37(46)38-15-11-34(29-47(38)66)53-63-24-5-25-64-53/h1-29H. The summed E-state index contributed by atoms with van der Waals surface area (Å²) in [7, 11) is 0. The summed E-state index contributed by atoms with van der Waals surface area (Å²) in [6.07, 6.45) is 13.4. The summed E-state index contributed by atoms with van der Waals surface area (Å²) in [5, 5.41) is 15.2. The lowest BCUT2D eigenvalue weighted by Gasteiger charge is -2.21. The first-order valence-corrected chi connectivity index (χ1v) is 20.8. The van der Waals surface area contributed by atoms with Crippen molar-refractivity contribution in [3.05, 3.63) is 194 Å². The van der Waals surface area contributed by atoms with Gasteiger partial charge in [-0.25, -0.2) is 48.7 Å². The number of hydrogen-bond acceptors (Lipinski definition) is 9. The lowest BCUT2D eigenvalue weighted by molar-refractivity contribution is 0.589. The normalized spacial score (nSPS) is 11.5. The second-order valence-electron chi connectivity index (χ2n) is 15.5. The Labute approximate surface area is 373 Å². The molecule has 13 heteroatoms. The molecule has 0 spiro atoms. The predicted molar refractivity (Wildman–Crippen MR) is 249 cm³/mol. The van der Waals surface area contributed by atoms with Crippen LogP contribution in [0.5, 0.6) is 0 Å². The van der Waals surface area contributed by atoms with E-state index in [2.05, 4.69) is 45.9 Å². The van der Waals surface area contributed by atoms with E-state index in [4.69, 9.17) is 0 Å². The molecule has 6 aromatic heterocycles. The highest BCUT2D eigenvalue weighted by molar-refractivity contribution is 6.13. The van der Waals surface area contributed by atoms with Crippen LogP contribution in [0.3, 0.4) is 0 Å². The smallest absolute Gasteiger partial charge is 0.159 e. The van der Waals surface area contributed by atoms with Gasteiger partial charge in [-0.3, -0.25) is 0 Å². The molecule has 0 atom stereocenters. The summed E-state index contributed by atoms with van der Waals surface area (Å²) >= 11 is 0. The van der Waals surface area contributed by atoms with Crippen LogP contribution >= 0.6 is 0 Å². The minimum Gasteiger partial charge on any atom is -0.308 e. The van der Waals surface area contributed by atoms with Crippen LogP contribution in [0.4, 0.5) is 8.78 Å². The molecule has 11 nitrogen and oxygen atoms in total. The molecule has 0 saturated heterocycles. The highest BCUT2D eigenvalue weighted by Gasteiger charge is 2.27. The highest BCUT2D eigenvalue weighted by atomic mass is 19.1. The highest BCUT2D eigenvalue weighted by Crippen LogP contribution is 2.45. The molecule has 0 N–H and O–H groups in total. The van der Waals surface area contributed by atoms with E-state index >= 15 is 8.78 Å². The zero-order valence-electron chi connectivity index (χ0n) is 34.4. The van der Waals surface area contributed by atoms with Gasteiger partial charge in [-0.05, 0) is 72.8 Å². The van der Waals surface area contributed by atoms with Crippen molar-refractivity contribution in [2.75, 3.05) is 0 Å². The Morgan fingerprint density at radius 2 is 0.742 bits per heavy atom. The number of fused-ring (bicyclic) bond motifs is 6. The number of nitriles is 1. The van der Waals surface area contributed by atoms with Gasteiger partial charge in [0.2, 0.25) is 0 Å². The Morgan fingerprint density at radius 1 is 0.394 bits per heavy atom. The number of aromatic nitrogens is 10. The van der Waals surface area contributed by atoms with E-state index in [0.29, 0.717) is 51.1 Å². The summed E-state index contributed by atoms with van der Waals surface area (Å²) in [5.74, 6) is 0.409. The maximum Gasteiger partial charge on any atom is 0.159 e. The van der Waals surface area contributed by atoms with Gasteiger partial charge < -0.3 is 9.13 Å². The minimum atomic E-state index is -0.790. The molecule has 310 valence electrons. The molecule has 0 aliphatic carbocycles. The van der Waals surface area contributed by atoms with Gasteiger partial charge in [0, 0.05) is 98.9 Å². The first-order valence-electron chi connectivity index (χ1n) is 20.8. The average molecular weight is 858 g/mol. The zero-order valence-corrected chi connectivity index (χ0v) is 34.4. The van der Waals surface area contributed by atoms with E-state index in [-0.39, 0.29) is 22.4 Å². The maximum absolute atomic E-state index is 16.4. The van der Waals surface area contributed by atoms with E-state index in [1.807, 2.05) is 81.9 Å². The quantitative estimate of drug-likeness (QED) is 0.153. The van der Waals surface area contributed by atoms with E-state index < -0.39 is 11.6 Å². The van der Waals surface area contributed by atoms with Crippen molar-refractivity contribution in [1.29, 1.82) is 5.26 Å². The fraction of sp³-hybridized carbons (Fsp3) is 0. The number of benzene rings is 6. The number of halogens is 2. The summed E-state index contributed by atoms with van der Waals surface area (Å²) in [5.41, 5.74) is 6.35. The number of rotatable bonds is 7. The molecule has 12 aromatic rings. The molecule has 6 heterocycles. The van der Waals surface area contributed by atoms with Crippen LogP contribution in [-0.2, 0) is 0 Å². The van der Waals surface area contributed by atoms with Gasteiger partial charge in [-0.15, -0.1) is 0 Å². The van der Waals surface area contributed by atoms with Gasteiger partial charge in [-0.1, -0.05) is 54.6 Å². The first kappa shape index (κ1) is 38.3. The van der Waals surface area contributed by atoms with Crippen LogP contribution < -0.4 is 0 Å². The van der Waals surface area contributed by atoms with Crippen molar-refractivity contribution < 1.29 is 8.78 Å².